The summed E-state index contributed by atoms with van der Waals surface area (Å²) in [6.45, 7) is 3.26. The SMILES string of the molecule is COc1ccc(N2CC(c3nc(C4CNCCN4C)no3)CC2=O)cc1.Cl. The first-order chi connectivity index (χ1) is 12.7. The van der Waals surface area contributed by atoms with Crippen molar-refractivity contribution >= 4 is 24.0 Å². The Morgan fingerprint density at radius 2 is 2.07 bits per heavy atom. The van der Waals surface area contributed by atoms with Gasteiger partial charge in [0.05, 0.1) is 19.1 Å². The van der Waals surface area contributed by atoms with E-state index < -0.39 is 0 Å². The van der Waals surface area contributed by atoms with Crippen LogP contribution in [0.2, 0.25) is 0 Å². The Morgan fingerprint density at radius 1 is 1.30 bits per heavy atom. The second-order valence-electron chi connectivity index (χ2n) is 6.79. The zero-order chi connectivity index (χ0) is 18.1. The third kappa shape index (κ3) is 3.92. The van der Waals surface area contributed by atoms with E-state index in [-0.39, 0.29) is 30.3 Å². The van der Waals surface area contributed by atoms with E-state index in [1.807, 2.05) is 24.3 Å². The lowest BCUT2D eigenvalue weighted by Gasteiger charge is -2.30. The summed E-state index contributed by atoms with van der Waals surface area (Å²) in [4.78, 5) is 21.0. The van der Waals surface area contributed by atoms with Gasteiger partial charge in [0.2, 0.25) is 11.8 Å². The molecule has 146 valence electrons. The summed E-state index contributed by atoms with van der Waals surface area (Å²) in [5.74, 6) is 1.99. The Kier molecular flexibility index (Phi) is 5.98. The van der Waals surface area contributed by atoms with Crippen molar-refractivity contribution in [2.24, 2.45) is 0 Å². The van der Waals surface area contributed by atoms with Crippen LogP contribution in [0.1, 0.15) is 30.1 Å². The molecule has 1 aromatic carbocycles. The number of likely N-dealkylation sites (N-methyl/N-ethyl adjacent to an activating group) is 1. The highest BCUT2D eigenvalue weighted by atomic mass is 35.5. The first kappa shape index (κ1) is 19.6. The molecule has 4 rings (SSSR count). The highest BCUT2D eigenvalue weighted by molar-refractivity contribution is 5.96. The van der Waals surface area contributed by atoms with E-state index in [2.05, 4.69) is 27.4 Å². The van der Waals surface area contributed by atoms with Crippen LogP contribution in [0.5, 0.6) is 5.75 Å². The number of aromatic nitrogens is 2. The maximum Gasteiger partial charge on any atom is 0.232 e. The van der Waals surface area contributed by atoms with Gasteiger partial charge in [0.1, 0.15) is 5.75 Å². The highest BCUT2D eigenvalue weighted by Crippen LogP contribution is 2.32. The molecule has 2 fully saturated rings. The lowest BCUT2D eigenvalue weighted by molar-refractivity contribution is -0.117. The second kappa shape index (κ2) is 8.24. The van der Waals surface area contributed by atoms with Crippen LogP contribution in [0.15, 0.2) is 28.8 Å². The van der Waals surface area contributed by atoms with Crippen molar-refractivity contribution in [3.63, 3.8) is 0 Å². The number of benzene rings is 1. The van der Waals surface area contributed by atoms with E-state index >= 15 is 0 Å². The van der Waals surface area contributed by atoms with Gasteiger partial charge >= 0.3 is 0 Å². The number of nitrogens with one attached hydrogen (secondary N) is 1. The number of carbonyl (C=O) groups excluding carboxylic acids is 1. The molecule has 0 radical (unpaired) electrons. The highest BCUT2D eigenvalue weighted by Gasteiger charge is 2.36. The Hall–Kier alpha value is -2.16. The van der Waals surface area contributed by atoms with Crippen molar-refractivity contribution in [1.29, 1.82) is 0 Å². The fraction of sp³-hybridized carbons (Fsp3) is 0.500. The summed E-state index contributed by atoms with van der Waals surface area (Å²) in [5, 5.41) is 7.52. The number of ether oxygens (including phenoxy) is 1. The van der Waals surface area contributed by atoms with Crippen molar-refractivity contribution in [1.82, 2.24) is 20.4 Å². The minimum Gasteiger partial charge on any atom is -0.497 e. The van der Waals surface area contributed by atoms with Crippen LogP contribution >= 0.6 is 12.4 Å². The molecular weight excluding hydrogens is 370 g/mol. The number of nitrogens with zero attached hydrogens (tertiary/aromatic N) is 4. The van der Waals surface area contributed by atoms with Gasteiger partial charge in [-0.1, -0.05) is 5.16 Å². The molecule has 0 saturated carbocycles. The number of hydrogen-bond acceptors (Lipinski definition) is 7. The van der Waals surface area contributed by atoms with Crippen LogP contribution in [-0.4, -0.2) is 61.3 Å². The quantitative estimate of drug-likeness (QED) is 0.844. The molecule has 1 amide bonds. The molecule has 2 aliphatic rings. The Balaban J connectivity index is 0.00000210. The lowest BCUT2D eigenvalue weighted by atomic mass is 10.1. The molecule has 0 spiro atoms. The molecule has 2 unspecified atom stereocenters. The Morgan fingerprint density at radius 3 is 2.78 bits per heavy atom. The Labute approximate surface area is 164 Å². The van der Waals surface area contributed by atoms with Gasteiger partial charge < -0.3 is 19.5 Å². The summed E-state index contributed by atoms with van der Waals surface area (Å²) in [7, 11) is 3.69. The molecule has 1 N–H and O–H groups in total. The maximum atomic E-state index is 12.5. The first-order valence-electron chi connectivity index (χ1n) is 8.84. The van der Waals surface area contributed by atoms with Crippen LogP contribution in [-0.2, 0) is 4.79 Å². The molecule has 0 aliphatic carbocycles. The molecular formula is C18H24ClN5O3. The van der Waals surface area contributed by atoms with Gasteiger partial charge in [-0.15, -0.1) is 12.4 Å². The van der Waals surface area contributed by atoms with Gasteiger partial charge in [-0.2, -0.15) is 4.98 Å². The molecule has 2 aliphatic heterocycles. The van der Waals surface area contributed by atoms with E-state index in [4.69, 9.17) is 9.26 Å². The fourth-order valence-corrected chi connectivity index (χ4v) is 3.53. The molecule has 2 atom stereocenters. The summed E-state index contributed by atoms with van der Waals surface area (Å²) in [5.41, 5.74) is 0.856. The number of carbonyl (C=O) groups is 1. The van der Waals surface area contributed by atoms with E-state index in [1.165, 1.54) is 0 Å². The summed E-state index contributed by atoms with van der Waals surface area (Å²) in [6.07, 6.45) is 0.381. The molecule has 0 bridgehead atoms. The zero-order valence-corrected chi connectivity index (χ0v) is 16.2. The molecule has 2 saturated heterocycles. The average Bonchev–Trinajstić information content (AvgIpc) is 3.29. The third-order valence-corrected chi connectivity index (χ3v) is 5.12. The number of rotatable bonds is 4. The number of methoxy groups -OCH3 is 1. The van der Waals surface area contributed by atoms with Crippen molar-refractivity contribution in [2.75, 3.05) is 45.2 Å². The summed E-state index contributed by atoms with van der Waals surface area (Å²) >= 11 is 0. The van der Waals surface area contributed by atoms with Crippen LogP contribution in [0, 0.1) is 0 Å². The largest absolute Gasteiger partial charge is 0.497 e. The van der Waals surface area contributed by atoms with E-state index in [0.29, 0.717) is 24.7 Å². The average molecular weight is 394 g/mol. The second-order valence-corrected chi connectivity index (χ2v) is 6.79. The number of halogens is 1. The molecule has 27 heavy (non-hydrogen) atoms. The molecule has 1 aromatic heterocycles. The van der Waals surface area contributed by atoms with Crippen LogP contribution in [0.4, 0.5) is 5.69 Å². The van der Waals surface area contributed by atoms with Gasteiger partial charge in [-0.3, -0.25) is 9.69 Å². The van der Waals surface area contributed by atoms with Gasteiger partial charge in [0.15, 0.2) is 5.82 Å². The molecule has 8 nitrogen and oxygen atoms in total. The standard InChI is InChI=1S/C18H23N5O3.ClH/c1-22-8-7-19-10-15(22)17-20-18(26-21-17)12-9-16(24)23(11-12)13-3-5-14(25-2)6-4-13;/h3-6,12,15,19H,7-11H2,1-2H3;1H. The predicted octanol–water partition coefficient (Wildman–Crippen LogP) is 1.60. The monoisotopic (exact) mass is 393 g/mol. The predicted molar refractivity (Wildman–Crippen MR) is 102 cm³/mol. The zero-order valence-electron chi connectivity index (χ0n) is 15.4. The summed E-state index contributed by atoms with van der Waals surface area (Å²) < 4.78 is 10.7. The Bertz CT molecular complexity index is 782. The van der Waals surface area contributed by atoms with E-state index in [1.54, 1.807) is 12.0 Å². The van der Waals surface area contributed by atoms with Crippen LogP contribution < -0.4 is 15.0 Å². The first-order valence-corrected chi connectivity index (χ1v) is 8.84. The third-order valence-electron chi connectivity index (χ3n) is 5.12. The molecule has 2 aromatic rings. The topological polar surface area (TPSA) is 83.7 Å². The lowest BCUT2D eigenvalue weighted by Crippen LogP contribution is -2.44. The van der Waals surface area contributed by atoms with Crippen LogP contribution in [0.25, 0.3) is 0 Å². The van der Waals surface area contributed by atoms with E-state index in [9.17, 15) is 4.79 Å². The van der Waals surface area contributed by atoms with Crippen molar-refractivity contribution in [2.45, 2.75) is 18.4 Å². The number of hydrogen-bond donors (Lipinski definition) is 1. The number of anilines is 1. The van der Waals surface area contributed by atoms with Gasteiger partial charge in [0, 0.05) is 38.3 Å². The number of amides is 1. The minimum atomic E-state index is -0.0762. The maximum absolute atomic E-state index is 12.5. The normalized spacial score (nSPS) is 23.3. The smallest absolute Gasteiger partial charge is 0.232 e. The molecule has 3 heterocycles. The van der Waals surface area contributed by atoms with Crippen molar-refractivity contribution in [3.8, 4) is 5.75 Å². The summed E-state index contributed by atoms with van der Waals surface area (Å²) in [6, 6.07) is 7.59. The van der Waals surface area contributed by atoms with Crippen LogP contribution in [0.3, 0.4) is 0 Å². The van der Waals surface area contributed by atoms with Gasteiger partial charge in [-0.25, -0.2) is 0 Å². The molecule has 9 heteroatoms. The number of piperazine rings is 1. The van der Waals surface area contributed by atoms with Gasteiger partial charge in [-0.05, 0) is 31.3 Å². The van der Waals surface area contributed by atoms with E-state index in [0.717, 1.165) is 31.1 Å². The fourth-order valence-electron chi connectivity index (χ4n) is 3.53. The van der Waals surface area contributed by atoms with Gasteiger partial charge in [0.25, 0.3) is 0 Å². The van der Waals surface area contributed by atoms with Crippen molar-refractivity contribution in [3.05, 3.63) is 36.0 Å². The van der Waals surface area contributed by atoms with Crippen molar-refractivity contribution < 1.29 is 14.1 Å². The minimum absolute atomic E-state index is 0.